The summed E-state index contributed by atoms with van der Waals surface area (Å²) in [6, 6.07) is 0.608. The van der Waals surface area contributed by atoms with Crippen molar-refractivity contribution in [1.29, 1.82) is 0 Å². The van der Waals surface area contributed by atoms with E-state index < -0.39 is 0 Å². The second-order valence-electron chi connectivity index (χ2n) is 10.2. The lowest BCUT2D eigenvalue weighted by Gasteiger charge is -2.61. The maximum Gasteiger partial charge on any atom is 0.121 e. The van der Waals surface area contributed by atoms with Gasteiger partial charge in [0.1, 0.15) is 6.29 Å². The Labute approximate surface area is 153 Å². The molecule has 4 aliphatic carbocycles. The molecule has 142 valence electrons. The van der Waals surface area contributed by atoms with Crippen LogP contribution in [-0.4, -0.2) is 30.1 Å². The van der Waals surface area contributed by atoms with Crippen molar-refractivity contribution in [1.82, 2.24) is 5.32 Å². The summed E-state index contributed by atoms with van der Waals surface area (Å²) < 4.78 is 0. The van der Waals surface area contributed by atoms with Crippen LogP contribution in [0.3, 0.4) is 0 Å². The third-order valence-corrected chi connectivity index (χ3v) is 9.29. The van der Waals surface area contributed by atoms with E-state index in [0.29, 0.717) is 23.3 Å². The van der Waals surface area contributed by atoms with Gasteiger partial charge in [0.25, 0.3) is 0 Å². The second kappa shape index (κ2) is 6.64. The largest absolute Gasteiger partial charge is 0.393 e. The number of nitrogens with one attached hydrogen (secondary N) is 1. The third kappa shape index (κ3) is 2.81. The Kier molecular flexibility index (Phi) is 4.77. The lowest BCUT2D eigenvalue weighted by atomic mass is 9.45. The van der Waals surface area contributed by atoms with E-state index in [0.717, 1.165) is 49.3 Å². The van der Waals surface area contributed by atoms with Crippen LogP contribution in [0.15, 0.2) is 0 Å². The Morgan fingerprint density at radius 2 is 1.76 bits per heavy atom. The predicted molar refractivity (Wildman–Crippen MR) is 100 cm³/mol. The maximum absolute atomic E-state index is 10.7. The number of aldehydes is 1. The fourth-order valence-electron chi connectivity index (χ4n) is 7.89. The highest BCUT2D eigenvalue weighted by molar-refractivity contribution is 5.49. The average molecular weight is 348 g/mol. The van der Waals surface area contributed by atoms with E-state index in [9.17, 15) is 9.90 Å². The molecular formula is C22H37NO2. The molecule has 0 radical (unpaired) electrons. The van der Waals surface area contributed by atoms with E-state index in [1.165, 1.54) is 44.9 Å². The van der Waals surface area contributed by atoms with E-state index in [1.807, 2.05) is 0 Å². The van der Waals surface area contributed by atoms with Crippen LogP contribution in [-0.2, 0) is 4.79 Å². The molecule has 0 heterocycles. The molecule has 3 heteroatoms. The van der Waals surface area contributed by atoms with Crippen LogP contribution < -0.4 is 5.32 Å². The van der Waals surface area contributed by atoms with Crippen molar-refractivity contribution in [2.75, 3.05) is 6.54 Å². The van der Waals surface area contributed by atoms with E-state index in [-0.39, 0.29) is 6.10 Å². The Hall–Kier alpha value is -0.410. The number of aliphatic hydroxyl groups excluding tert-OH is 1. The Morgan fingerprint density at radius 3 is 2.56 bits per heavy atom. The fraction of sp³-hybridized carbons (Fsp3) is 0.955. The molecule has 0 bridgehead atoms. The number of fused-ring (bicyclic) bond motifs is 5. The molecular weight excluding hydrogens is 310 g/mol. The standard InChI is InChI=1S/C22H37NO2/c1-21-10-8-16(25)14-15(21)4-5-17-18-6-7-20(23-12-3-13-24)22(18,2)11-9-19(17)21/h13,15-20,23,25H,3-12,14H2,1-2H3/t15-,16+,17-,18-,19-,20-,21-,22-/m0/s1. The van der Waals surface area contributed by atoms with E-state index >= 15 is 0 Å². The maximum atomic E-state index is 10.7. The van der Waals surface area contributed by atoms with Crippen molar-refractivity contribution in [3.63, 3.8) is 0 Å². The van der Waals surface area contributed by atoms with Gasteiger partial charge >= 0.3 is 0 Å². The summed E-state index contributed by atoms with van der Waals surface area (Å²) in [5.74, 6) is 3.40. The van der Waals surface area contributed by atoms with Crippen LogP contribution in [0.5, 0.6) is 0 Å². The van der Waals surface area contributed by atoms with Crippen molar-refractivity contribution in [3.05, 3.63) is 0 Å². The van der Waals surface area contributed by atoms with Gasteiger partial charge in [-0.25, -0.2) is 0 Å². The molecule has 25 heavy (non-hydrogen) atoms. The molecule has 0 unspecified atom stereocenters. The van der Waals surface area contributed by atoms with Crippen molar-refractivity contribution < 1.29 is 9.90 Å². The van der Waals surface area contributed by atoms with Crippen LogP contribution in [0.25, 0.3) is 0 Å². The Morgan fingerprint density at radius 1 is 1.00 bits per heavy atom. The summed E-state index contributed by atoms with van der Waals surface area (Å²) in [7, 11) is 0. The van der Waals surface area contributed by atoms with Gasteiger partial charge < -0.3 is 15.2 Å². The molecule has 0 aromatic rings. The summed E-state index contributed by atoms with van der Waals surface area (Å²) in [5, 5.41) is 13.9. The lowest BCUT2D eigenvalue weighted by Crippen LogP contribution is -2.55. The number of carbonyl (C=O) groups excluding carboxylic acids is 1. The molecule has 0 saturated heterocycles. The second-order valence-corrected chi connectivity index (χ2v) is 10.2. The summed E-state index contributed by atoms with van der Waals surface area (Å²) in [6.07, 6.45) is 13.1. The zero-order valence-electron chi connectivity index (χ0n) is 16.2. The summed E-state index contributed by atoms with van der Waals surface area (Å²) >= 11 is 0. The van der Waals surface area contributed by atoms with Crippen molar-refractivity contribution in [3.8, 4) is 0 Å². The molecule has 2 N–H and O–H groups in total. The minimum atomic E-state index is -0.0404. The van der Waals surface area contributed by atoms with Crippen LogP contribution in [0.2, 0.25) is 0 Å². The van der Waals surface area contributed by atoms with Gasteiger partial charge in [-0.05, 0) is 92.3 Å². The van der Waals surface area contributed by atoms with Crippen LogP contribution in [0, 0.1) is 34.5 Å². The van der Waals surface area contributed by atoms with Crippen molar-refractivity contribution in [2.45, 2.75) is 90.2 Å². The van der Waals surface area contributed by atoms with Gasteiger partial charge in [-0.1, -0.05) is 13.8 Å². The third-order valence-electron chi connectivity index (χ3n) is 9.29. The highest BCUT2D eigenvalue weighted by Crippen LogP contribution is 2.66. The van der Waals surface area contributed by atoms with Crippen LogP contribution in [0.4, 0.5) is 0 Å². The first-order valence-electron chi connectivity index (χ1n) is 10.8. The molecule has 4 fully saturated rings. The van der Waals surface area contributed by atoms with Gasteiger partial charge in [0.05, 0.1) is 6.10 Å². The summed E-state index contributed by atoms with van der Waals surface area (Å²) in [6.45, 7) is 5.96. The quantitative estimate of drug-likeness (QED) is 0.598. The topological polar surface area (TPSA) is 49.3 Å². The predicted octanol–water partition coefficient (Wildman–Crippen LogP) is 3.94. The van der Waals surface area contributed by atoms with Crippen molar-refractivity contribution >= 4 is 6.29 Å². The highest BCUT2D eigenvalue weighted by atomic mass is 16.3. The fourth-order valence-corrected chi connectivity index (χ4v) is 7.89. The summed E-state index contributed by atoms with van der Waals surface area (Å²) in [4.78, 5) is 10.7. The summed E-state index contributed by atoms with van der Waals surface area (Å²) in [5.41, 5.74) is 0.911. The zero-order chi connectivity index (χ0) is 17.7. The monoisotopic (exact) mass is 347 g/mol. The lowest BCUT2D eigenvalue weighted by molar-refractivity contribution is -0.123. The molecule has 0 amide bonds. The van der Waals surface area contributed by atoms with Gasteiger partial charge in [0.15, 0.2) is 0 Å². The number of hydrogen-bond acceptors (Lipinski definition) is 3. The van der Waals surface area contributed by atoms with Gasteiger partial charge in [0.2, 0.25) is 0 Å². The SMILES string of the molecule is C[C@]12CC[C@@H](O)C[C@@H]1CC[C@@H]1[C@@H]2CC[C@]2(C)[C@@H](NCCC=O)CC[C@@H]12. The molecule has 3 nitrogen and oxygen atoms in total. The highest BCUT2D eigenvalue weighted by Gasteiger charge is 2.59. The van der Waals surface area contributed by atoms with Gasteiger partial charge in [-0.15, -0.1) is 0 Å². The van der Waals surface area contributed by atoms with E-state index in [1.54, 1.807) is 0 Å². The number of carbonyl (C=O) groups is 1. The van der Waals surface area contributed by atoms with Gasteiger partial charge in [-0.2, -0.15) is 0 Å². The van der Waals surface area contributed by atoms with E-state index in [2.05, 4.69) is 19.2 Å². The van der Waals surface area contributed by atoms with E-state index in [4.69, 9.17) is 0 Å². The molecule has 4 aliphatic rings. The Balaban J connectivity index is 1.51. The molecule has 4 rings (SSSR count). The average Bonchev–Trinajstić information content (AvgIpc) is 2.92. The molecule has 0 aromatic carbocycles. The van der Waals surface area contributed by atoms with Crippen LogP contribution in [0.1, 0.15) is 78.1 Å². The minimum absolute atomic E-state index is 0.0404. The first-order valence-corrected chi connectivity index (χ1v) is 10.8. The Bertz CT molecular complexity index is 508. The van der Waals surface area contributed by atoms with Crippen molar-refractivity contribution in [2.24, 2.45) is 34.5 Å². The van der Waals surface area contributed by atoms with Gasteiger partial charge in [-0.3, -0.25) is 0 Å². The number of hydrogen-bond donors (Lipinski definition) is 2. The number of aliphatic hydroxyl groups is 1. The number of rotatable bonds is 4. The molecule has 0 aliphatic heterocycles. The first-order chi connectivity index (χ1) is 12.0. The zero-order valence-corrected chi connectivity index (χ0v) is 16.2. The molecule has 4 saturated carbocycles. The minimum Gasteiger partial charge on any atom is -0.393 e. The molecule has 8 atom stereocenters. The van der Waals surface area contributed by atoms with Gasteiger partial charge in [0, 0.05) is 19.0 Å². The van der Waals surface area contributed by atoms with Crippen LogP contribution >= 0.6 is 0 Å². The molecule has 0 aromatic heterocycles. The molecule has 0 spiro atoms. The smallest absolute Gasteiger partial charge is 0.121 e. The first kappa shape index (κ1) is 18.0. The normalized spacial score (nSPS) is 52.1.